The smallest absolute Gasteiger partial charge is 0.258 e. The Kier molecular flexibility index (Phi) is 4.07. The van der Waals surface area contributed by atoms with E-state index >= 15 is 0 Å². The van der Waals surface area contributed by atoms with E-state index < -0.39 is 22.4 Å². The lowest BCUT2D eigenvalue weighted by Crippen LogP contribution is -2.06. The summed E-state index contributed by atoms with van der Waals surface area (Å²) in [6, 6.07) is 6.29. The van der Waals surface area contributed by atoms with Crippen molar-refractivity contribution in [1.82, 2.24) is 0 Å². The van der Waals surface area contributed by atoms with E-state index in [1.54, 1.807) is 17.4 Å². The van der Waals surface area contributed by atoms with Crippen molar-refractivity contribution >= 4 is 27.1 Å². The van der Waals surface area contributed by atoms with Crippen LogP contribution in [-0.4, -0.2) is 4.92 Å². The van der Waals surface area contributed by atoms with Crippen molar-refractivity contribution in [2.75, 3.05) is 0 Å². The van der Waals surface area contributed by atoms with Gasteiger partial charge < -0.3 is 0 Å². The van der Waals surface area contributed by atoms with Crippen LogP contribution in [0.3, 0.4) is 0 Å². The number of aryl methyl sites for hydroxylation is 3. The third-order valence-corrected chi connectivity index (χ3v) is 5.75. The Morgan fingerprint density at radius 3 is 2.24 bits per heavy atom. The van der Waals surface area contributed by atoms with Crippen LogP contribution < -0.4 is 0 Å². The summed E-state index contributed by atoms with van der Waals surface area (Å²) in [7, 11) is 0. The zero-order valence-electron chi connectivity index (χ0n) is 13.7. The molecule has 0 unspecified atom stereocenters. The van der Waals surface area contributed by atoms with Gasteiger partial charge in [0.1, 0.15) is 0 Å². The molecule has 0 bridgehead atoms. The number of alkyl halides is 3. The number of fused-ring (bicyclic) bond motifs is 1. The van der Waals surface area contributed by atoms with E-state index in [2.05, 4.69) is 0 Å². The molecule has 0 N–H and O–H groups in total. The Morgan fingerprint density at radius 2 is 1.64 bits per heavy atom. The fourth-order valence-electron chi connectivity index (χ4n) is 2.92. The minimum absolute atomic E-state index is 0.195. The van der Waals surface area contributed by atoms with Crippen molar-refractivity contribution in [2.24, 2.45) is 0 Å². The molecule has 0 atom stereocenters. The number of hydrogen-bond donors (Lipinski definition) is 0. The Labute approximate surface area is 145 Å². The van der Waals surface area contributed by atoms with Crippen molar-refractivity contribution in [3.8, 4) is 11.1 Å². The zero-order chi connectivity index (χ0) is 18.5. The molecule has 0 aliphatic rings. The summed E-state index contributed by atoms with van der Waals surface area (Å²) in [6.45, 7) is 5.85. The second-order valence-corrected chi connectivity index (χ2v) is 7.11. The summed E-state index contributed by atoms with van der Waals surface area (Å²) in [6.07, 6.45) is -4.62. The van der Waals surface area contributed by atoms with Gasteiger partial charge in [0, 0.05) is 15.6 Å². The minimum Gasteiger partial charge on any atom is -0.258 e. The molecular formula is C18H14F3NO2S. The van der Waals surface area contributed by atoms with Crippen LogP contribution in [0, 0.1) is 30.9 Å². The van der Waals surface area contributed by atoms with Gasteiger partial charge in [0.05, 0.1) is 16.1 Å². The lowest BCUT2D eigenvalue weighted by molar-refractivity contribution is -0.384. The molecule has 0 amide bonds. The van der Waals surface area contributed by atoms with Gasteiger partial charge in [0.2, 0.25) is 0 Å². The number of rotatable bonds is 2. The number of thiophene rings is 1. The fourth-order valence-corrected chi connectivity index (χ4v) is 4.08. The first-order chi connectivity index (χ1) is 11.6. The lowest BCUT2D eigenvalue weighted by atomic mass is 9.95. The maximum Gasteiger partial charge on any atom is 0.416 e. The highest BCUT2D eigenvalue weighted by Crippen LogP contribution is 2.41. The quantitative estimate of drug-likeness (QED) is 0.388. The van der Waals surface area contributed by atoms with E-state index in [-0.39, 0.29) is 5.56 Å². The van der Waals surface area contributed by atoms with E-state index in [0.29, 0.717) is 11.6 Å². The van der Waals surface area contributed by atoms with Gasteiger partial charge in [-0.2, -0.15) is 13.2 Å². The Morgan fingerprint density at radius 1 is 1.00 bits per heavy atom. The van der Waals surface area contributed by atoms with Gasteiger partial charge in [-0.15, -0.1) is 11.3 Å². The van der Waals surface area contributed by atoms with Crippen LogP contribution in [0.25, 0.3) is 21.2 Å². The molecule has 2 aromatic carbocycles. The molecule has 0 fully saturated rings. The molecular weight excluding hydrogens is 351 g/mol. The summed E-state index contributed by atoms with van der Waals surface area (Å²) in [4.78, 5) is 11.7. The Balaban J connectivity index is 2.27. The number of benzene rings is 2. The molecule has 7 heteroatoms. The number of nitrogens with zero attached hydrogens (tertiary/aromatic N) is 1. The minimum atomic E-state index is -4.62. The van der Waals surface area contributed by atoms with Crippen molar-refractivity contribution in [1.29, 1.82) is 0 Å². The lowest BCUT2D eigenvalue weighted by Gasteiger charge is -2.11. The molecule has 3 aromatic rings. The molecule has 0 saturated carbocycles. The Hall–Kier alpha value is -2.41. The number of hydrogen-bond acceptors (Lipinski definition) is 3. The molecule has 1 heterocycles. The van der Waals surface area contributed by atoms with Crippen LogP contribution in [0.15, 0.2) is 30.3 Å². The van der Waals surface area contributed by atoms with E-state index in [1.807, 2.05) is 26.8 Å². The summed E-state index contributed by atoms with van der Waals surface area (Å²) in [5.74, 6) is 0. The van der Waals surface area contributed by atoms with Crippen LogP contribution in [0.4, 0.5) is 18.9 Å². The molecule has 3 rings (SSSR count). The maximum absolute atomic E-state index is 12.9. The van der Waals surface area contributed by atoms with Crippen LogP contribution >= 0.6 is 11.3 Å². The molecule has 130 valence electrons. The number of nitro groups is 1. The van der Waals surface area contributed by atoms with Crippen LogP contribution in [-0.2, 0) is 6.18 Å². The fraction of sp³-hybridized carbons (Fsp3) is 0.222. The number of nitro benzene ring substituents is 1. The van der Waals surface area contributed by atoms with Crippen molar-refractivity contribution < 1.29 is 18.1 Å². The summed E-state index contributed by atoms with van der Waals surface area (Å²) < 4.78 is 39.6. The normalized spacial score (nSPS) is 11.9. The second kappa shape index (κ2) is 5.84. The van der Waals surface area contributed by atoms with Crippen LogP contribution in [0.2, 0.25) is 0 Å². The van der Waals surface area contributed by atoms with Crippen molar-refractivity contribution in [2.45, 2.75) is 26.9 Å². The van der Waals surface area contributed by atoms with Crippen molar-refractivity contribution in [3.05, 3.63) is 62.0 Å². The standard InChI is InChI=1S/C18H14F3NO2S/c1-9-11(3)25-17-10(2)13(6-7-14(9)17)15-5-4-12(18(19,20)21)8-16(15)22(23)24/h4-8H,1-3H3. The number of halogens is 3. The van der Waals surface area contributed by atoms with Crippen LogP contribution in [0.5, 0.6) is 0 Å². The van der Waals surface area contributed by atoms with Gasteiger partial charge in [-0.05, 0) is 55.0 Å². The van der Waals surface area contributed by atoms with Crippen molar-refractivity contribution in [3.63, 3.8) is 0 Å². The van der Waals surface area contributed by atoms with Gasteiger partial charge in [-0.25, -0.2) is 0 Å². The highest BCUT2D eigenvalue weighted by Gasteiger charge is 2.33. The predicted molar refractivity (Wildman–Crippen MR) is 93.1 cm³/mol. The third kappa shape index (κ3) is 2.89. The van der Waals surface area contributed by atoms with Gasteiger partial charge >= 0.3 is 6.18 Å². The average molecular weight is 365 g/mol. The van der Waals surface area contributed by atoms with E-state index in [1.165, 1.54) is 6.07 Å². The molecule has 1 aromatic heterocycles. The Bertz CT molecular complexity index is 1010. The van der Waals surface area contributed by atoms with E-state index in [9.17, 15) is 23.3 Å². The third-order valence-electron chi connectivity index (χ3n) is 4.41. The van der Waals surface area contributed by atoms with Crippen LogP contribution in [0.1, 0.15) is 21.6 Å². The van der Waals surface area contributed by atoms with E-state index in [4.69, 9.17) is 0 Å². The van der Waals surface area contributed by atoms with E-state index in [0.717, 1.165) is 32.2 Å². The molecule has 0 saturated heterocycles. The molecule has 0 aliphatic carbocycles. The van der Waals surface area contributed by atoms with Gasteiger partial charge in [-0.1, -0.05) is 12.1 Å². The summed E-state index contributed by atoms with van der Waals surface area (Å²) >= 11 is 1.59. The molecule has 0 spiro atoms. The molecule has 25 heavy (non-hydrogen) atoms. The summed E-state index contributed by atoms with van der Waals surface area (Å²) in [5, 5.41) is 12.4. The summed E-state index contributed by atoms with van der Waals surface area (Å²) in [5.41, 5.74) is 1.19. The average Bonchev–Trinajstić information content (AvgIpc) is 2.82. The molecule has 0 radical (unpaired) electrons. The molecule has 0 aliphatic heterocycles. The highest BCUT2D eigenvalue weighted by atomic mass is 32.1. The second-order valence-electron chi connectivity index (χ2n) is 5.88. The van der Waals surface area contributed by atoms with Gasteiger partial charge in [0.25, 0.3) is 5.69 Å². The first-order valence-electron chi connectivity index (χ1n) is 7.46. The maximum atomic E-state index is 12.9. The SMILES string of the molecule is Cc1sc2c(C)c(-c3ccc(C(F)(F)F)cc3[N+](=O)[O-])ccc2c1C. The molecule has 3 nitrogen and oxygen atoms in total. The predicted octanol–water partition coefficient (Wildman–Crippen LogP) is 6.42. The zero-order valence-corrected chi connectivity index (χ0v) is 14.5. The first-order valence-corrected chi connectivity index (χ1v) is 8.28. The largest absolute Gasteiger partial charge is 0.416 e. The highest BCUT2D eigenvalue weighted by molar-refractivity contribution is 7.19. The van der Waals surface area contributed by atoms with Gasteiger partial charge in [-0.3, -0.25) is 10.1 Å². The monoisotopic (exact) mass is 365 g/mol. The first kappa shape index (κ1) is 17.4. The topological polar surface area (TPSA) is 43.1 Å². The van der Waals surface area contributed by atoms with Gasteiger partial charge in [0.15, 0.2) is 0 Å².